The molecule has 1 aliphatic heterocycles. The average molecular weight is 249 g/mol. The monoisotopic (exact) mass is 249 g/mol. The molecule has 2 heterocycles. The number of likely N-dealkylation sites (tertiary alicyclic amines) is 1. The van der Waals surface area contributed by atoms with Crippen molar-refractivity contribution in [2.45, 2.75) is 18.9 Å². The second-order valence-electron chi connectivity index (χ2n) is 4.65. The lowest BCUT2D eigenvalue weighted by Gasteiger charge is -2.30. The van der Waals surface area contributed by atoms with Gasteiger partial charge < -0.3 is 15.6 Å². The molecule has 1 aromatic rings. The number of nitrogens with two attached hydrogens (primary N) is 1. The van der Waals surface area contributed by atoms with Crippen molar-refractivity contribution in [2.75, 3.05) is 25.6 Å². The van der Waals surface area contributed by atoms with E-state index in [2.05, 4.69) is 27.7 Å². The lowest BCUT2D eigenvalue weighted by Crippen LogP contribution is -2.46. The van der Waals surface area contributed by atoms with Crippen LogP contribution < -0.4 is 16.6 Å². The van der Waals surface area contributed by atoms with E-state index in [-0.39, 0.29) is 11.9 Å². The lowest BCUT2D eigenvalue weighted by atomic mass is 10.1. The van der Waals surface area contributed by atoms with E-state index >= 15 is 0 Å². The summed E-state index contributed by atoms with van der Waals surface area (Å²) in [7, 11) is 2.07. The summed E-state index contributed by atoms with van der Waals surface area (Å²) < 4.78 is 0. The highest BCUT2D eigenvalue weighted by Gasteiger charge is 2.19. The van der Waals surface area contributed by atoms with E-state index in [1.165, 1.54) is 0 Å². The molecule has 98 valence electrons. The van der Waals surface area contributed by atoms with Crippen LogP contribution >= 0.6 is 0 Å². The number of hydrogen-bond donors (Lipinski definition) is 3. The quantitative estimate of drug-likeness (QED) is 0.526. The second-order valence-corrected chi connectivity index (χ2v) is 4.65. The minimum atomic E-state index is -0.0748. The highest BCUT2D eigenvalue weighted by molar-refractivity contribution is 5.94. The first-order valence-electron chi connectivity index (χ1n) is 6.11. The van der Waals surface area contributed by atoms with Crippen LogP contribution in [0, 0.1) is 0 Å². The zero-order chi connectivity index (χ0) is 13.0. The number of hydrogen-bond acceptors (Lipinski definition) is 5. The maximum absolute atomic E-state index is 12.1. The third kappa shape index (κ3) is 3.18. The van der Waals surface area contributed by atoms with Gasteiger partial charge in [-0.05, 0) is 38.6 Å². The summed E-state index contributed by atoms with van der Waals surface area (Å²) in [6.07, 6.45) is 3.72. The van der Waals surface area contributed by atoms with E-state index in [0.717, 1.165) is 25.9 Å². The Morgan fingerprint density at radius 2 is 2.44 bits per heavy atom. The molecule has 0 aliphatic carbocycles. The summed E-state index contributed by atoms with van der Waals surface area (Å²) in [5, 5.41) is 3.04. The van der Waals surface area contributed by atoms with Crippen molar-refractivity contribution in [2.24, 2.45) is 5.84 Å². The average Bonchev–Trinajstić information content (AvgIpc) is 2.39. The fourth-order valence-electron chi connectivity index (χ4n) is 2.20. The minimum absolute atomic E-state index is 0.0748. The van der Waals surface area contributed by atoms with Gasteiger partial charge in [0.15, 0.2) is 0 Å². The Bertz CT molecular complexity index is 423. The Hall–Kier alpha value is -1.66. The Kier molecular flexibility index (Phi) is 4.11. The maximum atomic E-state index is 12.1. The van der Waals surface area contributed by atoms with E-state index in [4.69, 9.17) is 5.84 Å². The molecule has 0 radical (unpaired) electrons. The van der Waals surface area contributed by atoms with Crippen molar-refractivity contribution in [1.29, 1.82) is 0 Å². The SMILES string of the molecule is CN1CCCC(NC(=O)c2ccnc(NN)c2)C1. The molecule has 1 aliphatic rings. The van der Waals surface area contributed by atoms with Gasteiger partial charge in [0.25, 0.3) is 5.91 Å². The summed E-state index contributed by atoms with van der Waals surface area (Å²) in [6, 6.07) is 3.55. The number of amides is 1. The summed E-state index contributed by atoms with van der Waals surface area (Å²) in [6.45, 7) is 2.00. The van der Waals surface area contributed by atoms with Crippen molar-refractivity contribution in [3.05, 3.63) is 23.9 Å². The molecule has 1 unspecified atom stereocenters. The predicted octanol–water partition coefficient (Wildman–Crippen LogP) is 0.191. The molecule has 0 spiro atoms. The number of nitrogens with one attached hydrogen (secondary N) is 2. The van der Waals surface area contributed by atoms with Crippen LogP contribution in [-0.2, 0) is 0 Å². The normalized spacial score (nSPS) is 20.4. The number of rotatable bonds is 3. The van der Waals surface area contributed by atoms with Gasteiger partial charge in [-0.25, -0.2) is 10.8 Å². The Morgan fingerprint density at radius 3 is 3.17 bits per heavy atom. The highest BCUT2D eigenvalue weighted by atomic mass is 16.1. The van der Waals surface area contributed by atoms with Gasteiger partial charge in [0, 0.05) is 24.3 Å². The maximum Gasteiger partial charge on any atom is 0.251 e. The van der Waals surface area contributed by atoms with Crippen molar-refractivity contribution in [3.63, 3.8) is 0 Å². The van der Waals surface area contributed by atoms with Gasteiger partial charge in [0.1, 0.15) is 5.82 Å². The summed E-state index contributed by atoms with van der Waals surface area (Å²) in [5.41, 5.74) is 3.01. The minimum Gasteiger partial charge on any atom is -0.348 e. The van der Waals surface area contributed by atoms with E-state index < -0.39 is 0 Å². The van der Waals surface area contributed by atoms with E-state index in [9.17, 15) is 4.79 Å². The van der Waals surface area contributed by atoms with E-state index in [1.807, 2.05) is 0 Å². The molecule has 1 amide bonds. The Morgan fingerprint density at radius 1 is 1.61 bits per heavy atom. The van der Waals surface area contributed by atoms with E-state index in [1.54, 1.807) is 18.3 Å². The van der Waals surface area contributed by atoms with Gasteiger partial charge in [-0.15, -0.1) is 0 Å². The smallest absolute Gasteiger partial charge is 0.251 e. The van der Waals surface area contributed by atoms with Crippen LogP contribution in [0.25, 0.3) is 0 Å². The first-order chi connectivity index (χ1) is 8.69. The standard InChI is InChI=1S/C12H19N5O/c1-17-6-2-3-10(8-17)15-12(18)9-4-5-14-11(7-9)16-13/h4-5,7,10H,2-3,6,8,13H2,1H3,(H,14,16)(H,15,18). The molecule has 18 heavy (non-hydrogen) atoms. The van der Waals surface area contributed by atoms with Crippen molar-refractivity contribution < 1.29 is 4.79 Å². The molecule has 6 nitrogen and oxygen atoms in total. The van der Waals surface area contributed by atoms with Crippen LogP contribution in [0.5, 0.6) is 0 Å². The zero-order valence-corrected chi connectivity index (χ0v) is 10.5. The van der Waals surface area contributed by atoms with Gasteiger partial charge in [0.05, 0.1) is 0 Å². The fourth-order valence-corrected chi connectivity index (χ4v) is 2.20. The molecular weight excluding hydrogens is 230 g/mol. The molecule has 1 fully saturated rings. The third-order valence-electron chi connectivity index (χ3n) is 3.13. The number of nitrogen functional groups attached to an aromatic ring is 1. The highest BCUT2D eigenvalue weighted by Crippen LogP contribution is 2.10. The second kappa shape index (κ2) is 5.79. The molecular formula is C12H19N5O. The first-order valence-corrected chi connectivity index (χ1v) is 6.11. The number of carbonyl (C=O) groups is 1. The van der Waals surface area contributed by atoms with Crippen molar-refractivity contribution in [3.8, 4) is 0 Å². The number of carbonyl (C=O) groups excluding carboxylic acids is 1. The largest absolute Gasteiger partial charge is 0.348 e. The van der Waals surface area contributed by atoms with Crippen LogP contribution in [0.3, 0.4) is 0 Å². The fraction of sp³-hybridized carbons (Fsp3) is 0.500. The molecule has 0 aromatic carbocycles. The van der Waals surface area contributed by atoms with E-state index in [0.29, 0.717) is 11.4 Å². The Labute approximate surface area is 107 Å². The molecule has 4 N–H and O–H groups in total. The molecule has 1 saturated heterocycles. The number of nitrogens with zero attached hydrogens (tertiary/aromatic N) is 2. The number of piperidine rings is 1. The van der Waals surface area contributed by atoms with Crippen molar-refractivity contribution >= 4 is 11.7 Å². The number of anilines is 1. The van der Waals surface area contributed by atoms with Crippen LogP contribution in [-0.4, -0.2) is 42.0 Å². The Balaban J connectivity index is 1.98. The first kappa shape index (κ1) is 12.8. The number of likely N-dealkylation sites (N-methyl/N-ethyl adjacent to an activating group) is 1. The molecule has 6 heteroatoms. The molecule has 1 aromatic heterocycles. The van der Waals surface area contributed by atoms with Gasteiger partial charge in [-0.3, -0.25) is 4.79 Å². The van der Waals surface area contributed by atoms with Crippen LogP contribution in [0.1, 0.15) is 23.2 Å². The molecule has 0 saturated carbocycles. The number of aromatic nitrogens is 1. The zero-order valence-electron chi connectivity index (χ0n) is 10.5. The third-order valence-corrected chi connectivity index (χ3v) is 3.13. The topological polar surface area (TPSA) is 83.3 Å². The molecule has 1 atom stereocenters. The summed E-state index contributed by atoms with van der Waals surface area (Å²) in [4.78, 5) is 18.3. The van der Waals surface area contributed by atoms with Crippen LogP contribution in [0.15, 0.2) is 18.3 Å². The number of pyridine rings is 1. The van der Waals surface area contributed by atoms with Gasteiger partial charge >= 0.3 is 0 Å². The summed E-state index contributed by atoms with van der Waals surface area (Å²) in [5.74, 6) is 5.68. The number of hydrazine groups is 1. The van der Waals surface area contributed by atoms with Crippen molar-refractivity contribution in [1.82, 2.24) is 15.2 Å². The van der Waals surface area contributed by atoms with Gasteiger partial charge in [-0.2, -0.15) is 0 Å². The van der Waals surface area contributed by atoms with Crippen LogP contribution in [0.2, 0.25) is 0 Å². The van der Waals surface area contributed by atoms with Crippen LogP contribution in [0.4, 0.5) is 5.82 Å². The van der Waals surface area contributed by atoms with Gasteiger partial charge in [0.2, 0.25) is 0 Å². The lowest BCUT2D eigenvalue weighted by molar-refractivity contribution is 0.0912. The summed E-state index contributed by atoms with van der Waals surface area (Å²) >= 11 is 0. The molecule has 0 bridgehead atoms. The van der Waals surface area contributed by atoms with Gasteiger partial charge in [-0.1, -0.05) is 0 Å². The predicted molar refractivity (Wildman–Crippen MR) is 70.0 cm³/mol. The molecule has 2 rings (SSSR count).